The van der Waals surface area contributed by atoms with Crippen LogP contribution in [0.1, 0.15) is 39.0 Å². The minimum Gasteiger partial charge on any atom is -0.356 e. The van der Waals surface area contributed by atoms with E-state index in [2.05, 4.69) is 27.4 Å². The van der Waals surface area contributed by atoms with Crippen molar-refractivity contribution in [2.45, 2.75) is 43.9 Å². The highest BCUT2D eigenvalue weighted by Crippen LogP contribution is 2.23. The molecule has 1 aromatic carbocycles. The molecular formula is C23H40IN5O2S. The third-order valence-corrected chi connectivity index (χ3v) is 8.47. The van der Waals surface area contributed by atoms with Crippen LogP contribution in [0.4, 0.5) is 0 Å². The number of sulfonamides is 1. The van der Waals surface area contributed by atoms with Crippen molar-refractivity contribution in [2.24, 2.45) is 16.8 Å². The Morgan fingerprint density at radius 3 is 2.31 bits per heavy atom. The number of hydrogen-bond acceptors (Lipinski definition) is 4. The lowest BCUT2D eigenvalue weighted by atomic mass is 9.98. The summed E-state index contributed by atoms with van der Waals surface area (Å²) in [5.41, 5.74) is 0. The predicted molar refractivity (Wildman–Crippen MR) is 142 cm³/mol. The van der Waals surface area contributed by atoms with Crippen LogP contribution in [-0.4, -0.2) is 76.4 Å². The van der Waals surface area contributed by atoms with Gasteiger partial charge in [0.05, 0.1) is 4.90 Å². The molecule has 0 radical (unpaired) electrons. The van der Waals surface area contributed by atoms with Gasteiger partial charge in [-0.2, -0.15) is 4.31 Å². The van der Waals surface area contributed by atoms with Crippen LogP contribution in [-0.2, 0) is 10.0 Å². The van der Waals surface area contributed by atoms with Crippen molar-refractivity contribution >= 4 is 40.0 Å². The van der Waals surface area contributed by atoms with Crippen LogP contribution in [0.5, 0.6) is 0 Å². The first-order valence-corrected chi connectivity index (χ1v) is 13.1. The summed E-state index contributed by atoms with van der Waals surface area (Å²) in [6.07, 6.45) is 5.49. The molecule has 2 N–H and O–H groups in total. The number of nitrogens with one attached hydrogen (secondary N) is 2. The SMILES string of the molecule is CN=C(NCCCN1CCC(C)CC1)NCC1CCN(S(=O)(=O)c2ccccc2)CC1.I. The minimum absolute atomic E-state index is 0. The molecule has 0 aliphatic carbocycles. The summed E-state index contributed by atoms with van der Waals surface area (Å²) >= 11 is 0. The van der Waals surface area contributed by atoms with Gasteiger partial charge in [-0.3, -0.25) is 4.99 Å². The number of rotatable bonds is 8. The summed E-state index contributed by atoms with van der Waals surface area (Å²) in [7, 11) is -1.57. The maximum absolute atomic E-state index is 12.8. The Bertz CT molecular complexity index is 790. The van der Waals surface area contributed by atoms with E-state index in [1.165, 1.54) is 25.9 Å². The van der Waals surface area contributed by atoms with E-state index in [1.807, 2.05) is 6.07 Å². The molecular weight excluding hydrogens is 537 g/mol. The largest absolute Gasteiger partial charge is 0.356 e. The Morgan fingerprint density at radius 1 is 1.03 bits per heavy atom. The lowest BCUT2D eigenvalue weighted by Crippen LogP contribution is -2.44. The highest BCUT2D eigenvalue weighted by atomic mass is 127. The fourth-order valence-electron chi connectivity index (χ4n) is 4.35. The van der Waals surface area contributed by atoms with Crippen molar-refractivity contribution in [1.82, 2.24) is 19.8 Å². The summed E-state index contributed by atoms with van der Waals surface area (Å²) in [6.45, 7) is 8.84. The third kappa shape index (κ3) is 8.14. The van der Waals surface area contributed by atoms with Crippen LogP contribution < -0.4 is 10.6 Å². The number of guanidine groups is 1. The maximum atomic E-state index is 12.8. The number of likely N-dealkylation sites (tertiary alicyclic amines) is 1. The zero-order valence-corrected chi connectivity index (χ0v) is 22.6. The Balaban J connectivity index is 0.00000363. The summed E-state index contributed by atoms with van der Waals surface area (Å²) in [5.74, 6) is 2.17. The Labute approximate surface area is 211 Å². The second-order valence-electron chi connectivity index (χ2n) is 8.92. The summed E-state index contributed by atoms with van der Waals surface area (Å²) in [6, 6.07) is 8.73. The van der Waals surface area contributed by atoms with Gasteiger partial charge in [-0.05, 0) is 75.7 Å². The molecule has 2 aliphatic rings. The van der Waals surface area contributed by atoms with Crippen molar-refractivity contribution < 1.29 is 8.42 Å². The summed E-state index contributed by atoms with van der Waals surface area (Å²) in [4.78, 5) is 7.28. The zero-order chi connectivity index (χ0) is 22.1. The van der Waals surface area contributed by atoms with Crippen LogP contribution in [0.25, 0.3) is 0 Å². The van der Waals surface area contributed by atoms with Gasteiger partial charge in [0.2, 0.25) is 10.0 Å². The molecule has 182 valence electrons. The molecule has 2 saturated heterocycles. The molecule has 32 heavy (non-hydrogen) atoms. The summed E-state index contributed by atoms with van der Waals surface area (Å²) in [5, 5.41) is 6.84. The molecule has 0 amide bonds. The lowest BCUT2D eigenvalue weighted by molar-refractivity contribution is 0.191. The molecule has 9 heteroatoms. The first-order valence-electron chi connectivity index (χ1n) is 11.7. The number of hydrogen-bond donors (Lipinski definition) is 2. The number of aliphatic imine (C=N–C) groups is 1. The van der Waals surface area contributed by atoms with E-state index in [0.717, 1.165) is 50.8 Å². The van der Waals surface area contributed by atoms with Crippen LogP contribution in [0.3, 0.4) is 0 Å². The van der Waals surface area contributed by atoms with E-state index < -0.39 is 10.0 Å². The van der Waals surface area contributed by atoms with Gasteiger partial charge in [-0.1, -0.05) is 25.1 Å². The van der Waals surface area contributed by atoms with E-state index in [0.29, 0.717) is 23.9 Å². The van der Waals surface area contributed by atoms with Gasteiger partial charge in [-0.15, -0.1) is 24.0 Å². The van der Waals surface area contributed by atoms with Gasteiger partial charge < -0.3 is 15.5 Å². The molecule has 2 heterocycles. The van der Waals surface area contributed by atoms with E-state index >= 15 is 0 Å². The van der Waals surface area contributed by atoms with Crippen LogP contribution in [0.2, 0.25) is 0 Å². The second kappa shape index (κ2) is 13.7. The molecule has 7 nitrogen and oxygen atoms in total. The first-order chi connectivity index (χ1) is 15.0. The average Bonchev–Trinajstić information content (AvgIpc) is 2.80. The van der Waals surface area contributed by atoms with Crippen molar-refractivity contribution in [3.8, 4) is 0 Å². The van der Waals surface area contributed by atoms with Crippen molar-refractivity contribution in [2.75, 3.05) is 52.9 Å². The third-order valence-electron chi connectivity index (χ3n) is 6.56. The van der Waals surface area contributed by atoms with Gasteiger partial charge in [0.25, 0.3) is 0 Å². The number of piperidine rings is 2. The molecule has 3 rings (SSSR count). The van der Waals surface area contributed by atoms with Crippen molar-refractivity contribution in [3.63, 3.8) is 0 Å². The first kappa shape index (κ1) is 27.3. The molecule has 2 aliphatic heterocycles. The van der Waals surface area contributed by atoms with Crippen LogP contribution in [0.15, 0.2) is 40.2 Å². The fraction of sp³-hybridized carbons (Fsp3) is 0.696. The molecule has 2 fully saturated rings. The normalized spacial score (nSPS) is 20.0. The monoisotopic (exact) mass is 577 g/mol. The zero-order valence-electron chi connectivity index (χ0n) is 19.5. The lowest BCUT2D eigenvalue weighted by Gasteiger charge is -2.31. The highest BCUT2D eigenvalue weighted by molar-refractivity contribution is 14.0. The highest BCUT2D eigenvalue weighted by Gasteiger charge is 2.29. The predicted octanol–water partition coefficient (Wildman–Crippen LogP) is 2.99. The Kier molecular flexibility index (Phi) is 11.7. The molecule has 0 atom stereocenters. The molecule has 0 aromatic heterocycles. The minimum atomic E-state index is -3.38. The molecule has 0 saturated carbocycles. The molecule has 0 bridgehead atoms. The van der Waals surface area contributed by atoms with E-state index in [1.54, 1.807) is 35.6 Å². The van der Waals surface area contributed by atoms with E-state index in [-0.39, 0.29) is 24.0 Å². The maximum Gasteiger partial charge on any atom is 0.243 e. The standard InChI is InChI=1S/C23H39N5O2S.HI/c1-20-9-15-27(16-10-20)14-6-13-25-23(24-2)26-19-21-11-17-28(18-12-21)31(29,30)22-7-4-3-5-8-22;/h3-5,7-8,20-21H,6,9-19H2,1-2H3,(H2,24,25,26);1H. The topological polar surface area (TPSA) is 77.0 Å². The van der Waals surface area contributed by atoms with Crippen LogP contribution in [0, 0.1) is 11.8 Å². The van der Waals surface area contributed by atoms with Gasteiger partial charge >= 0.3 is 0 Å². The fourth-order valence-corrected chi connectivity index (χ4v) is 5.84. The van der Waals surface area contributed by atoms with Crippen molar-refractivity contribution in [3.05, 3.63) is 30.3 Å². The average molecular weight is 578 g/mol. The number of nitrogens with zero attached hydrogens (tertiary/aromatic N) is 3. The van der Waals surface area contributed by atoms with Crippen LogP contribution >= 0.6 is 24.0 Å². The van der Waals surface area contributed by atoms with Gasteiger partial charge in [0.1, 0.15) is 0 Å². The van der Waals surface area contributed by atoms with Gasteiger partial charge in [0.15, 0.2) is 5.96 Å². The Morgan fingerprint density at radius 2 is 1.69 bits per heavy atom. The van der Waals surface area contributed by atoms with Gasteiger partial charge in [0, 0.05) is 33.2 Å². The number of halogens is 1. The summed E-state index contributed by atoms with van der Waals surface area (Å²) < 4.78 is 27.1. The Hall–Kier alpha value is -0.910. The number of benzene rings is 1. The molecule has 0 spiro atoms. The molecule has 0 unspecified atom stereocenters. The molecule has 1 aromatic rings. The van der Waals surface area contributed by atoms with E-state index in [9.17, 15) is 8.42 Å². The van der Waals surface area contributed by atoms with E-state index in [4.69, 9.17) is 0 Å². The van der Waals surface area contributed by atoms with Crippen molar-refractivity contribution in [1.29, 1.82) is 0 Å². The quantitative estimate of drug-likeness (QED) is 0.215. The van der Waals surface area contributed by atoms with Gasteiger partial charge in [-0.25, -0.2) is 8.42 Å². The second-order valence-corrected chi connectivity index (χ2v) is 10.9. The smallest absolute Gasteiger partial charge is 0.243 e.